The Morgan fingerprint density at radius 3 is 2.76 bits per heavy atom. The van der Waals surface area contributed by atoms with Crippen molar-refractivity contribution in [1.82, 2.24) is 4.98 Å². The van der Waals surface area contributed by atoms with E-state index in [1.165, 1.54) is 24.8 Å². The van der Waals surface area contributed by atoms with Crippen molar-refractivity contribution in [2.24, 2.45) is 5.41 Å². The first-order valence-corrected chi connectivity index (χ1v) is 6.29. The molecule has 0 saturated heterocycles. The van der Waals surface area contributed by atoms with E-state index in [0.29, 0.717) is 11.1 Å². The lowest BCUT2D eigenvalue weighted by Gasteiger charge is -2.29. The Morgan fingerprint density at radius 1 is 1.47 bits per heavy atom. The fraction of sp³-hybridized carbons (Fsp3) is 0.643. The van der Waals surface area contributed by atoms with E-state index in [1.54, 1.807) is 0 Å². The van der Waals surface area contributed by atoms with Crippen molar-refractivity contribution in [3.63, 3.8) is 0 Å². The van der Waals surface area contributed by atoms with Gasteiger partial charge in [-0.15, -0.1) is 0 Å². The fourth-order valence-corrected chi connectivity index (χ4v) is 2.78. The summed E-state index contributed by atoms with van der Waals surface area (Å²) in [7, 11) is 1.44. The molecule has 2 rings (SSSR count). The van der Waals surface area contributed by atoms with Crippen molar-refractivity contribution in [1.29, 1.82) is 0 Å². The molecule has 0 atom stereocenters. The molecule has 1 aliphatic carbocycles. The number of fused-ring (bicyclic) bond motifs is 1. The number of aromatic nitrogens is 1. The van der Waals surface area contributed by atoms with E-state index in [2.05, 4.69) is 25.8 Å². The zero-order valence-corrected chi connectivity index (χ0v) is 11.1. The highest BCUT2D eigenvalue weighted by molar-refractivity contribution is 5.90. The Morgan fingerprint density at radius 2 is 2.18 bits per heavy atom. The molecule has 0 bridgehead atoms. The molecular weight excluding hydrogens is 214 g/mol. The number of H-pyrrole nitrogens is 1. The molecule has 0 unspecified atom stereocenters. The summed E-state index contributed by atoms with van der Waals surface area (Å²) in [5.74, 6) is -0.242. The summed E-state index contributed by atoms with van der Waals surface area (Å²) in [6, 6.07) is 0. The quantitative estimate of drug-likeness (QED) is 0.801. The van der Waals surface area contributed by atoms with E-state index in [-0.39, 0.29) is 5.97 Å². The number of rotatable bonds is 2. The average Bonchev–Trinajstić information content (AvgIpc) is 2.63. The zero-order valence-electron chi connectivity index (χ0n) is 11.1. The summed E-state index contributed by atoms with van der Waals surface area (Å²) in [4.78, 5) is 15.0. The topological polar surface area (TPSA) is 42.1 Å². The Hall–Kier alpha value is -1.25. The summed E-state index contributed by atoms with van der Waals surface area (Å²) in [5.41, 5.74) is 4.74. The van der Waals surface area contributed by atoms with Gasteiger partial charge in [-0.1, -0.05) is 20.8 Å². The van der Waals surface area contributed by atoms with Crippen LogP contribution in [0.2, 0.25) is 0 Å². The van der Waals surface area contributed by atoms with Crippen LogP contribution in [0.25, 0.3) is 0 Å². The van der Waals surface area contributed by atoms with Gasteiger partial charge in [-0.2, -0.15) is 0 Å². The van der Waals surface area contributed by atoms with Gasteiger partial charge in [0.05, 0.1) is 7.11 Å². The van der Waals surface area contributed by atoms with Crippen molar-refractivity contribution in [2.45, 2.75) is 46.5 Å². The van der Waals surface area contributed by atoms with E-state index in [1.807, 2.05) is 0 Å². The second-order valence-electron chi connectivity index (χ2n) is 5.62. The molecule has 1 heterocycles. The van der Waals surface area contributed by atoms with Gasteiger partial charge in [0.2, 0.25) is 0 Å². The molecule has 1 N–H and O–H groups in total. The van der Waals surface area contributed by atoms with Gasteiger partial charge in [-0.25, -0.2) is 4.79 Å². The molecule has 3 nitrogen and oxygen atoms in total. The number of carbonyl (C=O) groups excluding carboxylic acids is 1. The normalized spacial score (nSPS) is 17.6. The summed E-state index contributed by atoms with van der Waals surface area (Å²) in [6.45, 7) is 6.65. The summed E-state index contributed by atoms with van der Waals surface area (Å²) < 4.78 is 4.84. The largest absolute Gasteiger partial charge is 0.464 e. The third-order valence-electron chi connectivity index (χ3n) is 3.76. The summed E-state index contributed by atoms with van der Waals surface area (Å²) >= 11 is 0. The number of carbonyl (C=O) groups is 1. The maximum atomic E-state index is 11.7. The SMILES string of the molecule is CCc1c(C(=O)OC)[nH]c2c1CCC(C)(C)C2. The Labute approximate surface area is 103 Å². The van der Waals surface area contributed by atoms with E-state index in [0.717, 1.165) is 24.8 Å². The van der Waals surface area contributed by atoms with Crippen molar-refractivity contribution < 1.29 is 9.53 Å². The van der Waals surface area contributed by atoms with Crippen molar-refractivity contribution in [3.8, 4) is 0 Å². The highest BCUT2D eigenvalue weighted by Gasteiger charge is 2.30. The first-order chi connectivity index (χ1) is 7.98. The molecule has 94 valence electrons. The van der Waals surface area contributed by atoms with Crippen LogP contribution in [0.5, 0.6) is 0 Å². The zero-order chi connectivity index (χ0) is 12.6. The van der Waals surface area contributed by atoms with Gasteiger partial charge in [0.25, 0.3) is 0 Å². The van der Waals surface area contributed by atoms with Crippen LogP contribution >= 0.6 is 0 Å². The highest BCUT2D eigenvalue weighted by Crippen LogP contribution is 2.37. The van der Waals surface area contributed by atoms with Crippen LogP contribution < -0.4 is 0 Å². The minimum Gasteiger partial charge on any atom is -0.464 e. The van der Waals surface area contributed by atoms with Crippen molar-refractivity contribution >= 4 is 5.97 Å². The lowest BCUT2D eigenvalue weighted by atomic mass is 9.76. The molecule has 0 spiro atoms. The first kappa shape index (κ1) is 12.2. The van der Waals surface area contributed by atoms with Crippen LogP contribution in [-0.4, -0.2) is 18.1 Å². The molecule has 0 amide bonds. The molecule has 0 fully saturated rings. The molecule has 0 saturated carbocycles. The Bertz CT molecular complexity index is 443. The lowest BCUT2D eigenvalue weighted by Crippen LogP contribution is -2.22. The minimum absolute atomic E-state index is 0.242. The third kappa shape index (κ3) is 2.11. The van der Waals surface area contributed by atoms with E-state index >= 15 is 0 Å². The molecule has 1 aromatic rings. The number of esters is 1. The monoisotopic (exact) mass is 235 g/mol. The average molecular weight is 235 g/mol. The maximum absolute atomic E-state index is 11.7. The van der Waals surface area contributed by atoms with Crippen LogP contribution in [0.3, 0.4) is 0 Å². The van der Waals surface area contributed by atoms with Gasteiger partial charge >= 0.3 is 5.97 Å². The van der Waals surface area contributed by atoms with Crippen LogP contribution in [-0.2, 0) is 24.0 Å². The molecule has 0 radical (unpaired) electrons. The van der Waals surface area contributed by atoms with Gasteiger partial charge in [0, 0.05) is 5.69 Å². The number of nitrogens with one attached hydrogen (secondary N) is 1. The fourth-order valence-electron chi connectivity index (χ4n) is 2.78. The van der Waals surface area contributed by atoms with Crippen LogP contribution in [0.15, 0.2) is 0 Å². The molecule has 1 aliphatic rings. The number of aromatic amines is 1. The molecular formula is C14H21NO2. The van der Waals surface area contributed by atoms with Gasteiger partial charge in [0.1, 0.15) is 5.69 Å². The number of hydrogen-bond acceptors (Lipinski definition) is 2. The van der Waals surface area contributed by atoms with Crippen molar-refractivity contribution in [3.05, 3.63) is 22.5 Å². The maximum Gasteiger partial charge on any atom is 0.354 e. The minimum atomic E-state index is -0.242. The molecule has 0 aliphatic heterocycles. The van der Waals surface area contributed by atoms with Crippen LogP contribution in [0.4, 0.5) is 0 Å². The third-order valence-corrected chi connectivity index (χ3v) is 3.76. The number of methoxy groups -OCH3 is 1. The molecule has 17 heavy (non-hydrogen) atoms. The molecule has 3 heteroatoms. The predicted octanol–water partition coefficient (Wildman–Crippen LogP) is 2.88. The molecule has 1 aromatic heterocycles. The number of hydrogen-bond donors (Lipinski definition) is 1. The summed E-state index contributed by atoms with van der Waals surface area (Å²) in [6.07, 6.45) is 4.16. The van der Waals surface area contributed by atoms with Gasteiger partial charge in [-0.3, -0.25) is 0 Å². The van der Waals surface area contributed by atoms with Gasteiger partial charge in [-0.05, 0) is 42.2 Å². The van der Waals surface area contributed by atoms with E-state index in [9.17, 15) is 4.79 Å². The van der Waals surface area contributed by atoms with Gasteiger partial charge in [0.15, 0.2) is 0 Å². The Kier molecular flexibility index (Phi) is 3.02. The Balaban J connectivity index is 2.45. The predicted molar refractivity (Wildman–Crippen MR) is 67.3 cm³/mol. The van der Waals surface area contributed by atoms with Crippen LogP contribution in [0, 0.1) is 5.41 Å². The first-order valence-electron chi connectivity index (χ1n) is 6.29. The highest BCUT2D eigenvalue weighted by atomic mass is 16.5. The summed E-state index contributed by atoms with van der Waals surface area (Å²) in [5, 5.41) is 0. The smallest absolute Gasteiger partial charge is 0.354 e. The molecule has 0 aromatic carbocycles. The van der Waals surface area contributed by atoms with Crippen LogP contribution in [0.1, 0.15) is 54.5 Å². The lowest BCUT2D eigenvalue weighted by molar-refractivity contribution is 0.0593. The van der Waals surface area contributed by atoms with Crippen molar-refractivity contribution in [2.75, 3.05) is 7.11 Å². The van der Waals surface area contributed by atoms with Gasteiger partial charge < -0.3 is 9.72 Å². The van der Waals surface area contributed by atoms with E-state index in [4.69, 9.17) is 4.74 Å². The second kappa shape index (κ2) is 4.21. The second-order valence-corrected chi connectivity index (χ2v) is 5.62. The van der Waals surface area contributed by atoms with E-state index < -0.39 is 0 Å². The number of ether oxygens (including phenoxy) is 1. The standard InChI is InChI=1S/C14H21NO2/c1-5-9-10-6-7-14(2,3)8-11(10)15-12(9)13(16)17-4/h15H,5-8H2,1-4H3.